The summed E-state index contributed by atoms with van der Waals surface area (Å²) >= 11 is 6.28. The molecule has 0 saturated carbocycles. The molecule has 0 aliphatic heterocycles. The second-order valence-electron chi connectivity index (χ2n) is 4.57. The molecular weight excluding hydrogens is 275 g/mol. The molecule has 0 aliphatic rings. The molecule has 0 radical (unpaired) electrons. The second kappa shape index (κ2) is 6.73. The highest BCUT2D eigenvalue weighted by atomic mass is 35.5. The minimum absolute atomic E-state index is 0.247. The fourth-order valence-corrected chi connectivity index (χ4v) is 2.25. The maximum absolute atomic E-state index is 13.8. The van der Waals surface area contributed by atoms with Crippen LogP contribution in [0.25, 0.3) is 0 Å². The number of halogens is 2. The predicted molar refractivity (Wildman–Crippen MR) is 83.3 cm³/mol. The van der Waals surface area contributed by atoms with E-state index in [4.69, 9.17) is 11.6 Å². The van der Waals surface area contributed by atoms with Gasteiger partial charge in [0, 0.05) is 24.3 Å². The van der Waals surface area contributed by atoms with Crippen LogP contribution >= 0.6 is 11.6 Å². The molecule has 20 heavy (non-hydrogen) atoms. The Morgan fingerprint density at radius 3 is 2.60 bits per heavy atom. The van der Waals surface area contributed by atoms with Crippen molar-refractivity contribution in [2.24, 2.45) is 0 Å². The summed E-state index contributed by atoms with van der Waals surface area (Å²) in [5.74, 6) is -0.247. The minimum Gasteiger partial charge on any atom is -0.342 e. The van der Waals surface area contributed by atoms with Gasteiger partial charge >= 0.3 is 0 Å². The van der Waals surface area contributed by atoms with Gasteiger partial charge in [-0.15, -0.1) is 0 Å². The third-order valence-electron chi connectivity index (χ3n) is 3.20. The summed E-state index contributed by atoms with van der Waals surface area (Å²) in [7, 11) is 1.83. The Morgan fingerprint density at radius 2 is 1.95 bits per heavy atom. The van der Waals surface area contributed by atoms with Crippen molar-refractivity contribution < 1.29 is 4.39 Å². The van der Waals surface area contributed by atoms with E-state index in [1.54, 1.807) is 17.0 Å². The van der Waals surface area contributed by atoms with Gasteiger partial charge in [-0.1, -0.05) is 36.7 Å². The Labute approximate surface area is 124 Å². The first-order chi connectivity index (χ1) is 9.63. The zero-order valence-corrected chi connectivity index (χ0v) is 12.4. The van der Waals surface area contributed by atoms with Crippen molar-refractivity contribution in [1.82, 2.24) is 5.32 Å². The summed E-state index contributed by atoms with van der Waals surface area (Å²) in [4.78, 5) is 1.79. The lowest BCUT2D eigenvalue weighted by Crippen LogP contribution is -2.13. The third kappa shape index (κ3) is 3.30. The molecule has 2 nitrogen and oxygen atoms in total. The van der Waals surface area contributed by atoms with Crippen LogP contribution in [0.15, 0.2) is 42.5 Å². The molecule has 0 aliphatic carbocycles. The molecule has 0 amide bonds. The fraction of sp³-hybridized carbons (Fsp3) is 0.250. The lowest BCUT2D eigenvalue weighted by Gasteiger charge is -2.21. The van der Waals surface area contributed by atoms with Crippen molar-refractivity contribution in [3.05, 3.63) is 58.9 Å². The molecule has 2 rings (SSSR count). The summed E-state index contributed by atoms with van der Waals surface area (Å²) in [6, 6.07) is 12.5. The predicted octanol–water partition coefficient (Wildman–Crippen LogP) is 4.36. The second-order valence-corrected chi connectivity index (χ2v) is 4.97. The monoisotopic (exact) mass is 292 g/mol. The average Bonchev–Trinajstić information content (AvgIpc) is 2.46. The number of anilines is 2. The Hall–Kier alpha value is -1.58. The van der Waals surface area contributed by atoms with Crippen LogP contribution in [0.2, 0.25) is 5.02 Å². The molecule has 0 fully saturated rings. The first-order valence-electron chi connectivity index (χ1n) is 6.61. The Balaban J connectivity index is 2.25. The van der Waals surface area contributed by atoms with Gasteiger partial charge in [-0.2, -0.15) is 0 Å². The Kier molecular flexibility index (Phi) is 4.99. The minimum atomic E-state index is -0.247. The third-order valence-corrected chi connectivity index (χ3v) is 3.56. The maximum Gasteiger partial charge on any atom is 0.146 e. The van der Waals surface area contributed by atoms with Crippen LogP contribution in [0.3, 0.4) is 0 Å². The largest absolute Gasteiger partial charge is 0.342 e. The number of nitrogens with one attached hydrogen (secondary N) is 1. The molecule has 2 aromatic rings. The van der Waals surface area contributed by atoms with E-state index in [1.165, 1.54) is 6.07 Å². The maximum atomic E-state index is 13.8. The highest BCUT2D eigenvalue weighted by molar-refractivity contribution is 6.31. The summed E-state index contributed by atoms with van der Waals surface area (Å²) in [6.07, 6.45) is 0. The van der Waals surface area contributed by atoms with Gasteiger partial charge in [0.05, 0.1) is 5.69 Å². The first kappa shape index (κ1) is 14.8. The molecule has 0 saturated heterocycles. The van der Waals surface area contributed by atoms with Gasteiger partial charge in [0.1, 0.15) is 5.82 Å². The van der Waals surface area contributed by atoms with Gasteiger partial charge in [0.25, 0.3) is 0 Å². The molecule has 0 bridgehead atoms. The number of para-hydroxylation sites is 1. The van der Waals surface area contributed by atoms with Crippen LogP contribution in [-0.4, -0.2) is 13.6 Å². The van der Waals surface area contributed by atoms with Crippen LogP contribution in [0.5, 0.6) is 0 Å². The van der Waals surface area contributed by atoms with Gasteiger partial charge in [-0.05, 0) is 36.4 Å². The Bertz CT molecular complexity index is 586. The summed E-state index contributed by atoms with van der Waals surface area (Å²) in [5.41, 5.74) is 2.43. The topological polar surface area (TPSA) is 15.3 Å². The zero-order valence-electron chi connectivity index (χ0n) is 11.7. The smallest absolute Gasteiger partial charge is 0.146 e. The van der Waals surface area contributed by atoms with Crippen LogP contribution in [-0.2, 0) is 6.54 Å². The van der Waals surface area contributed by atoms with Crippen molar-refractivity contribution in [3.63, 3.8) is 0 Å². The van der Waals surface area contributed by atoms with Crippen LogP contribution < -0.4 is 10.2 Å². The molecule has 0 heterocycles. The van der Waals surface area contributed by atoms with Crippen molar-refractivity contribution in [2.45, 2.75) is 13.5 Å². The molecule has 2 aromatic carbocycles. The summed E-state index contributed by atoms with van der Waals surface area (Å²) in [5, 5.41) is 3.92. The van der Waals surface area contributed by atoms with E-state index in [-0.39, 0.29) is 5.82 Å². The van der Waals surface area contributed by atoms with Crippen molar-refractivity contribution in [2.75, 3.05) is 18.5 Å². The average molecular weight is 293 g/mol. The molecular formula is C16H18ClFN2. The van der Waals surface area contributed by atoms with Crippen molar-refractivity contribution in [1.29, 1.82) is 0 Å². The lowest BCUT2D eigenvalue weighted by molar-refractivity contribution is 0.627. The molecule has 4 heteroatoms. The van der Waals surface area contributed by atoms with E-state index >= 15 is 0 Å². The van der Waals surface area contributed by atoms with Gasteiger partial charge in [-0.25, -0.2) is 4.39 Å². The number of rotatable bonds is 5. The lowest BCUT2D eigenvalue weighted by atomic mass is 10.1. The summed E-state index contributed by atoms with van der Waals surface area (Å²) in [6.45, 7) is 3.68. The van der Waals surface area contributed by atoms with E-state index in [9.17, 15) is 4.39 Å². The molecule has 0 unspecified atom stereocenters. The molecule has 0 aromatic heterocycles. The highest BCUT2D eigenvalue weighted by Gasteiger charge is 2.10. The summed E-state index contributed by atoms with van der Waals surface area (Å²) < 4.78 is 13.8. The first-order valence-corrected chi connectivity index (χ1v) is 6.98. The van der Waals surface area contributed by atoms with E-state index in [0.717, 1.165) is 24.3 Å². The standard InChI is InChI=1S/C16H18ClFN2/c1-3-19-11-12-8-9-13(10-14(12)17)20(2)16-7-5-4-6-15(16)18/h4-10,19H,3,11H2,1-2H3. The number of hydrogen-bond donors (Lipinski definition) is 1. The van der Waals surface area contributed by atoms with Crippen molar-refractivity contribution >= 4 is 23.0 Å². The number of hydrogen-bond acceptors (Lipinski definition) is 2. The Morgan fingerprint density at radius 1 is 1.20 bits per heavy atom. The fourth-order valence-electron chi connectivity index (χ4n) is 2.01. The quantitative estimate of drug-likeness (QED) is 0.881. The van der Waals surface area contributed by atoms with E-state index in [2.05, 4.69) is 5.32 Å². The number of benzene rings is 2. The molecule has 0 atom stereocenters. The van der Waals surface area contributed by atoms with Crippen LogP contribution in [0, 0.1) is 5.82 Å². The van der Waals surface area contributed by atoms with Gasteiger partial charge in [0.2, 0.25) is 0 Å². The molecule has 106 valence electrons. The molecule has 0 spiro atoms. The van der Waals surface area contributed by atoms with E-state index < -0.39 is 0 Å². The molecule has 1 N–H and O–H groups in total. The van der Waals surface area contributed by atoms with Crippen LogP contribution in [0.4, 0.5) is 15.8 Å². The van der Waals surface area contributed by atoms with Gasteiger partial charge in [-0.3, -0.25) is 0 Å². The van der Waals surface area contributed by atoms with E-state index in [1.807, 2.05) is 38.2 Å². The van der Waals surface area contributed by atoms with Gasteiger partial charge < -0.3 is 10.2 Å². The normalized spacial score (nSPS) is 10.6. The van der Waals surface area contributed by atoms with Gasteiger partial charge in [0.15, 0.2) is 0 Å². The number of nitrogens with zero attached hydrogens (tertiary/aromatic N) is 1. The van der Waals surface area contributed by atoms with Crippen molar-refractivity contribution in [3.8, 4) is 0 Å². The zero-order chi connectivity index (χ0) is 14.5. The SMILES string of the molecule is CCNCc1ccc(N(C)c2ccccc2F)cc1Cl. The van der Waals surface area contributed by atoms with Crippen LogP contribution in [0.1, 0.15) is 12.5 Å². The highest BCUT2D eigenvalue weighted by Crippen LogP contribution is 2.29. The van der Waals surface area contributed by atoms with E-state index in [0.29, 0.717) is 10.7 Å².